The van der Waals surface area contributed by atoms with Gasteiger partial charge < -0.3 is 5.73 Å². The molecule has 0 aromatic carbocycles. The predicted octanol–water partition coefficient (Wildman–Crippen LogP) is 2.00. The maximum absolute atomic E-state index is 6.06. The number of rotatable bonds is 5. The number of hydrogen-bond donors (Lipinski definition) is 1. The van der Waals surface area contributed by atoms with E-state index in [2.05, 4.69) is 30.2 Å². The summed E-state index contributed by atoms with van der Waals surface area (Å²) >= 11 is 0. The van der Waals surface area contributed by atoms with Crippen LogP contribution >= 0.6 is 0 Å². The topological polar surface area (TPSA) is 47.1 Å². The Labute approximate surface area is 110 Å². The fourth-order valence-corrected chi connectivity index (χ4v) is 3.05. The molecule has 2 rings (SSSR count). The second-order valence-electron chi connectivity index (χ2n) is 5.55. The molecule has 0 saturated heterocycles. The maximum Gasteiger partial charge on any atom is 0.0534 e. The van der Waals surface area contributed by atoms with Crippen molar-refractivity contribution in [2.45, 2.75) is 57.7 Å². The van der Waals surface area contributed by atoms with Crippen molar-refractivity contribution in [2.24, 2.45) is 5.73 Å². The molecule has 4 heteroatoms. The third kappa shape index (κ3) is 2.75. The molecule has 2 N–H and O–H groups in total. The summed E-state index contributed by atoms with van der Waals surface area (Å²) in [5.74, 6) is 0. The first kappa shape index (κ1) is 13.6. The van der Waals surface area contributed by atoms with Crippen LogP contribution in [0, 0.1) is 0 Å². The van der Waals surface area contributed by atoms with Crippen LogP contribution in [0.15, 0.2) is 12.4 Å². The molecule has 1 aliphatic carbocycles. The van der Waals surface area contributed by atoms with E-state index >= 15 is 0 Å². The summed E-state index contributed by atoms with van der Waals surface area (Å²) in [4.78, 5) is 2.45. The van der Waals surface area contributed by atoms with E-state index in [0.717, 1.165) is 19.6 Å². The largest absolute Gasteiger partial charge is 0.329 e. The second-order valence-corrected chi connectivity index (χ2v) is 5.55. The zero-order valence-corrected chi connectivity index (χ0v) is 11.7. The lowest BCUT2D eigenvalue weighted by Crippen LogP contribution is -2.52. The molecule has 4 nitrogen and oxygen atoms in total. The van der Waals surface area contributed by atoms with Gasteiger partial charge in [0.15, 0.2) is 0 Å². The molecular weight excluding hydrogens is 224 g/mol. The van der Waals surface area contributed by atoms with Gasteiger partial charge >= 0.3 is 0 Å². The zero-order chi connectivity index (χ0) is 13.0. The molecule has 0 bridgehead atoms. The van der Waals surface area contributed by atoms with Gasteiger partial charge in [-0.1, -0.05) is 19.3 Å². The van der Waals surface area contributed by atoms with Crippen LogP contribution in [0.25, 0.3) is 0 Å². The minimum Gasteiger partial charge on any atom is -0.329 e. The van der Waals surface area contributed by atoms with Gasteiger partial charge in [0.1, 0.15) is 0 Å². The highest BCUT2D eigenvalue weighted by molar-refractivity contribution is 5.05. The molecular formula is C14H26N4. The normalized spacial score (nSPS) is 19.3. The van der Waals surface area contributed by atoms with Gasteiger partial charge in [-0.2, -0.15) is 5.10 Å². The highest BCUT2D eigenvalue weighted by atomic mass is 15.3. The van der Waals surface area contributed by atoms with Crippen molar-refractivity contribution in [2.75, 3.05) is 13.6 Å². The molecule has 1 aromatic heterocycles. The lowest BCUT2D eigenvalue weighted by molar-refractivity contribution is 0.0758. The van der Waals surface area contributed by atoms with Gasteiger partial charge in [-0.05, 0) is 26.8 Å². The first-order valence-corrected chi connectivity index (χ1v) is 7.13. The summed E-state index contributed by atoms with van der Waals surface area (Å²) in [6.45, 7) is 4.78. The van der Waals surface area contributed by atoms with Gasteiger partial charge in [0, 0.05) is 36.9 Å². The average Bonchev–Trinajstić information content (AvgIpc) is 2.87. The molecule has 0 radical (unpaired) electrons. The minimum atomic E-state index is 0.215. The Morgan fingerprint density at radius 3 is 2.67 bits per heavy atom. The van der Waals surface area contributed by atoms with Crippen molar-refractivity contribution >= 4 is 0 Å². The molecule has 0 amide bonds. The first-order chi connectivity index (χ1) is 8.70. The van der Waals surface area contributed by atoms with E-state index in [-0.39, 0.29) is 5.54 Å². The summed E-state index contributed by atoms with van der Waals surface area (Å²) < 4.78 is 1.99. The van der Waals surface area contributed by atoms with Crippen molar-refractivity contribution in [1.82, 2.24) is 14.7 Å². The fraction of sp³-hybridized carbons (Fsp3) is 0.786. The van der Waals surface area contributed by atoms with Crippen molar-refractivity contribution < 1.29 is 0 Å². The van der Waals surface area contributed by atoms with Crippen LogP contribution in [-0.2, 0) is 13.1 Å². The Morgan fingerprint density at radius 2 is 2.11 bits per heavy atom. The predicted molar refractivity (Wildman–Crippen MR) is 74.2 cm³/mol. The molecule has 0 aliphatic heterocycles. The average molecular weight is 250 g/mol. The number of likely N-dealkylation sites (N-methyl/N-ethyl adjacent to an activating group) is 1. The van der Waals surface area contributed by atoms with E-state index < -0.39 is 0 Å². The summed E-state index contributed by atoms with van der Waals surface area (Å²) in [5, 5.41) is 4.34. The SMILES string of the molecule is CCn1cc(CN(C)C2(CN)CCCCC2)cn1. The molecule has 1 saturated carbocycles. The Kier molecular flexibility index (Phi) is 4.40. The molecule has 1 fully saturated rings. The Bertz CT molecular complexity index is 366. The number of nitrogens with two attached hydrogens (primary N) is 1. The monoisotopic (exact) mass is 250 g/mol. The van der Waals surface area contributed by atoms with Crippen LogP contribution < -0.4 is 5.73 Å². The Hall–Kier alpha value is -0.870. The molecule has 102 valence electrons. The van der Waals surface area contributed by atoms with Gasteiger partial charge in [0.2, 0.25) is 0 Å². The van der Waals surface area contributed by atoms with Crippen molar-refractivity contribution in [1.29, 1.82) is 0 Å². The van der Waals surface area contributed by atoms with Crippen LogP contribution in [0.4, 0.5) is 0 Å². The molecule has 0 unspecified atom stereocenters. The van der Waals surface area contributed by atoms with Crippen molar-refractivity contribution in [3.8, 4) is 0 Å². The van der Waals surface area contributed by atoms with Crippen LogP contribution in [-0.4, -0.2) is 33.8 Å². The third-order valence-corrected chi connectivity index (χ3v) is 4.40. The minimum absolute atomic E-state index is 0.215. The number of hydrogen-bond acceptors (Lipinski definition) is 3. The van der Waals surface area contributed by atoms with E-state index in [4.69, 9.17) is 5.73 Å². The highest BCUT2D eigenvalue weighted by Crippen LogP contribution is 2.32. The van der Waals surface area contributed by atoms with Crippen LogP contribution in [0.2, 0.25) is 0 Å². The standard InChI is InChI=1S/C14H26N4/c1-3-18-11-13(9-16-18)10-17(2)14(12-15)7-5-4-6-8-14/h9,11H,3-8,10,12,15H2,1-2H3. The molecule has 1 aromatic rings. The summed E-state index contributed by atoms with van der Waals surface area (Å²) in [6.07, 6.45) is 10.6. The van der Waals surface area contributed by atoms with Gasteiger partial charge in [0.05, 0.1) is 6.20 Å². The first-order valence-electron chi connectivity index (χ1n) is 7.13. The quantitative estimate of drug-likeness (QED) is 0.869. The second kappa shape index (κ2) is 5.85. The summed E-state index contributed by atoms with van der Waals surface area (Å²) in [7, 11) is 2.21. The number of aryl methyl sites for hydroxylation is 1. The Morgan fingerprint density at radius 1 is 1.39 bits per heavy atom. The van der Waals surface area contributed by atoms with Crippen molar-refractivity contribution in [3.63, 3.8) is 0 Å². The summed E-state index contributed by atoms with van der Waals surface area (Å²) in [5.41, 5.74) is 7.57. The Balaban J connectivity index is 2.02. The molecule has 0 atom stereocenters. The van der Waals surface area contributed by atoms with E-state index in [1.165, 1.54) is 37.7 Å². The number of aromatic nitrogens is 2. The lowest BCUT2D eigenvalue weighted by Gasteiger charge is -2.44. The van der Waals surface area contributed by atoms with Crippen molar-refractivity contribution in [3.05, 3.63) is 18.0 Å². The van der Waals surface area contributed by atoms with E-state index in [1.54, 1.807) is 0 Å². The molecule has 1 aliphatic rings. The zero-order valence-electron chi connectivity index (χ0n) is 11.7. The third-order valence-electron chi connectivity index (χ3n) is 4.40. The van der Waals surface area contributed by atoms with Gasteiger partial charge in [-0.3, -0.25) is 9.58 Å². The van der Waals surface area contributed by atoms with E-state index in [1.807, 2.05) is 10.9 Å². The van der Waals surface area contributed by atoms with E-state index in [0.29, 0.717) is 0 Å². The summed E-state index contributed by atoms with van der Waals surface area (Å²) in [6, 6.07) is 0. The fourth-order valence-electron chi connectivity index (χ4n) is 3.05. The van der Waals surface area contributed by atoms with Gasteiger partial charge in [0.25, 0.3) is 0 Å². The smallest absolute Gasteiger partial charge is 0.0534 e. The molecule has 1 heterocycles. The van der Waals surface area contributed by atoms with Crippen LogP contribution in [0.3, 0.4) is 0 Å². The van der Waals surface area contributed by atoms with Crippen LogP contribution in [0.5, 0.6) is 0 Å². The van der Waals surface area contributed by atoms with Gasteiger partial charge in [-0.25, -0.2) is 0 Å². The molecule has 18 heavy (non-hydrogen) atoms. The maximum atomic E-state index is 6.06. The lowest BCUT2D eigenvalue weighted by atomic mass is 9.80. The molecule has 0 spiro atoms. The van der Waals surface area contributed by atoms with E-state index in [9.17, 15) is 0 Å². The highest BCUT2D eigenvalue weighted by Gasteiger charge is 2.34. The number of nitrogens with zero attached hydrogens (tertiary/aromatic N) is 3. The van der Waals surface area contributed by atoms with Gasteiger partial charge in [-0.15, -0.1) is 0 Å². The van der Waals surface area contributed by atoms with Crippen LogP contribution in [0.1, 0.15) is 44.6 Å².